The highest BCUT2D eigenvalue weighted by Crippen LogP contribution is 2.40. The molecule has 3 rings (SSSR count). The molecule has 0 atom stereocenters. The number of methoxy groups -OCH3 is 2. The summed E-state index contributed by atoms with van der Waals surface area (Å²) >= 11 is 0. The normalized spacial score (nSPS) is 13.5. The fourth-order valence-corrected chi connectivity index (χ4v) is 3.58. The number of ether oxygens (including phenoxy) is 2. The van der Waals surface area contributed by atoms with Gasteiger partial charge in [0.05, 0.1) is 32.8 Å². The molecule has 2 N–H and O–H groups in total. The molecule has 0 radical (unpaired) electrons. The predicted octanol–water partition coefficient (Wildman–Crippen LogP) is 0.740. The molecule has 0 saturated carbocycles. The predicted molar refractivity (Wildman–Crippen MR) is 103 cm³/mol. The smallest absolute Gasteiger partial charge is 0.261 e. The van der Waals surface area contributed by atoms with Crippen LogP contribution >= 0.6 is 0 Å². The average molecular weight is 388 g/mol. The van der Waals surface area contributed by atoms with E-state index in [1.807, 2.05) is 0 Å². The first kappa shape index (κ1) is 20.1. The van der Waals surface area contributed by atoms with Crippen molar-refractivity contribution in [1.29, 1.82) is 0 Å². The third-order valence-corrected chi connectivity index (χ3v) is 4.95. The largest absolute Gasteiger partial charge is 0.496 e. The molecule has 2 aromatic rings. The summed E-state index contributed by atoms with van der Waals surface area (Å²) in [5.41, 5.74) is 0.834. The van der Waals surface area contributed by atoms with Crippen LogP contribution in [0.1, 0.15) is 20.7 Å². The van der Waals surface area contributed by atoms with E-state index in [4.69, 9.17) is 19.7 Å². The molecule has 0 spiro atoms. The zero-order valence-corrected chi connectivity index (χ0v) is 16.0. The molecule has 0 bridgehead atoms. The van der Waals surface area contributed by atoms with Crippen molar-refractivity contribution in [3.8, 4) is 11.5 Å². The number of rotatable bonds is 9. The van der Waals surface area contributed by atoms with Crippen LogP contribution in [-0.4, -0.2) is 85.4 Å². The van der Waals surface area contributed by atoms with Crippen LogP contribution in [0.15, 0.2) is 24.3 Å². The molecule has 2 amide bonds. The minimum atomic E-state index is -0.383. The van der Waals surface area contributed by atoms with Gasteiger partial charge in [-0.15, -0.1) is 0 Å². The zero-order chi connectivity index (χ0) is 20.3. The van der Waals surface area contributed by atoms with Gasteiger partial charge >= 0.3 is 0 Å². The van der Waals surface area contributed by atoms with Crippen molar-refractivity contribution in [3.05, 3.63) is 35.4 Å². The van der Waals surface area contributed by atoms with E-state index in [1.165, 1.54) is 19.1 Å². The van der Waals surface area contributed by atoms with Crippen LogP contribution in [0.3, 0.4) is 0 Å². The number of aliphatic hydroxyl groups excluding tert-OH is 2. The quantitative estimate of drug-likeness (QED) is 0.611. The summed E-state index contributed by atoms with van der Waals surface area (Å²) in [5, 5.41) is 19.4. The zero-order valence-electron chi connectivity index (χ0n) is 16.0. The lowest BCUT2D eigenvalue weighted by Crippen LogP contribution is -2.45. The maximum atomic E-state index is 13.0. The fraction of sp³-hybridized carbons (Fsp3) is 0.400. The van der Waals surface area contributed by atoms with Gasteiger partial charge in [-0.1, -0.05) is 0 Å². The number of aliphatic hydroxyl groups is 2. The second kappa shape index (κ2) is 8.55. The van der Waals surface area contributed by atoms with Crippen LogP contribution in [0.2, 0.25) is 0 Å². The van der Waals surface area contributed by atoms with Gasteiger partial charge in [-0.25, -0.2) is 0 Å². The topological polar surface area (TPSA) is 99.5 Å². The Bertz CT molecular complexity index is 833. The highest BCUT2D eigenvalue weighted by molar-refractivity contribution is 6.26. The molecule has 1 aliphatic rings. The van der Waals surface area contributed by atoms with Crippen molar-refractivity contribution in [3.63, 3.8) is 0 Å². The highest BCUT2D eigenvalue weighted by atomic mass is 16.5. The molecule has 28 heavy (non-hydrogen) atoms. The van der Waals surface area contributed by atoms with Gasteiger partial charge in [-0.05, 0) is 24.3 Å². The standard InChI is InChI=1S/C20H24N2O6/c1-27-15-5-3-13-17-14(4-6-16(28-2)18(15)17)20(26)22(19(13)25)8-7-21(9-11-23)10-12-24/h3-6,23-24H,7-12H2,1-2H3. The van der Waals surface area contributed by atoms with Crippen LogP contribution in [0.25, 0.3) is 10.8 Å². The third-order valence-electron chi connectivity index (χ3n) is 4.95. The SMILES string of the molecule is COc1ccc2c3c(ccc(OC)c13)C(=O)N(CCN(CCO)CCO)C2=O. The summed E-state index contributed by atoms with van der Waals surface area (Å²) in [6.07, 6.45) is 0. The molecular weight excluding hydrogens is 364 g/mol. The summed E-state index contributed by atoms with van der Waals surface area (Å²) in [6, 6.07) is 6.70. The summed E-state index contributed by atoms with van der Waals surface area (Å²) in [6.45, 7) is 1.11. The third kappa shape index (κ3) is 3.42. The number of hydrogen-bond acceptors (Lipinski definition) is 7. The second-order valence-corrected chi connectivity index (χ2v) is 6.43. The number of carbonyl (C=O) groups is 2. The Morgan fingerprint density at radius 2 is 1.32 bits per heavy atom. The lowest BCUT2D eigenvalue weighted by atomic mass is 9.93. The molecule has 0 saturated heterocycles. The van der Waals surface area contributed by atoms with E-state index in [0.717, 1.165) is 0 Å². The number of carbonyl (C=O) groups excluding carboxylic acids is 2. The first-order valence-corrected chi connectivity index (χ1v) is 9.05. The van der Waals surface area contributed by atoms with Crippen LogP contribution in [0.5, 0.6) is 11.5 Å². The van der Waals surface area contributed by atoms with E-state index in [0.29, 0.717) is 53.0 Å². The van der Waals surface area contributed by atoms with E-state index in [9.17, 15) is 9.59 Å². The van der Waals surface area contributed by atoms with Crippen molar-refractivity contribution in [1.82, 2.24) is 9.80 Å². The summed E-state index contributed by atoms with van der Waals surface area (Å²) < 4.78 is 10.8. The van der Waals surface area contributed by atoms with Crippen molar-refractivity contribution < 1.29 is 29.3 Å². The van der Waals surface area contributed by atoms with Crippen molar-refractivity contribution in [2.24, 2.45) is 0 Å². The Hall–Kier alpha value is -2.68. The van der Waals surface area contributed by atoms with Gasteiger partial charge in [-0.3, -0.25) is 19.4 Å². The number of benzene rings is 2. The van der Waals surface area contributed by atoms with Gasteiger partial charge < -0.3 is 19.7 Å². The molecule has 8 nitrogen and oxygen atoms in total. The van der Waals surface area contributed by atoms with Crippen molar-refractivity contribution >= 4 is 22.6 Å². The fourth-order valence-electron chi connectivity index (χ4n) is 3.58. The first-order valence-electron chi connectivity index (χ1n) is 9.05. The summed E-state index contributed by atoms with van der Waals surface area (Å²) in [7, 11) is 3.05. The molecule has 150 valence electrons. The molecule has 0 aliphatic carbocycles. The lowest BCUT2D eigenvalue weighted by molar-refractivity contribution is 0.0584. The monoisotopic (exact) mass is 388 g/mol. The average Bonchev–Trinajstić information content (AvgIpc) is 2.71. The number of amides is 2. The Balaban J connectivity index is 2.00. The van der Waals surface area contributed by atoms with Crippen molar-refractivity contribution in [2.75, 3.05) is 53.6 Å². The van der Waals surface area contributed by atoms with E-state index in [-0.39, 0.29) is 31.6 Å². The minimum Gasteiger partial charge on any atom is -0.496 e. The first-order chi connectivity index (χ1) is 13.6. The molecule has 0 aromatic heterocycles. The van der Waals surface area contributed by atoms with Crippen LogP contribution in [-0.2, 0) is 0 Å². The summed E-state index contributed by atoms with van der Waals surface area (Å²) in [4.78, 5) is 29.1. The van der Waals surface area contributed by atoms with E-state index >= 15 is 0 Å². The minimum absolute atomic E-state index is 0.0659. The van der Waals surface area contributed by atoms with Gasteiger partial charge in [0.25, 0.3) is 11.8 Å². The maximum Gasteiger partial charge on any atom is 0.261 e. The highest BCUT2D eigenvalue weighted by Gasteiger charge is 2.34. The van der Waals surface area contributed by atoms with E-state index in [1.54, 1.807) is 29.2 Å². The second-order valence-electron chi connectivity index (χ2n) is 6.43. The van der Waals surface area contributed by atoms with Crippen LogP contribution in [0.4, 0.5) is 0 Å². The maximum absolute atomic E-state index is 13.0. The molecule has 2 aromatic carbocycles. The molecule has 1 aliphatic heterocycles. The Morgan fingerprint density at radius 3 is 1.75 bits per heavy atom. The number of hydrogen-bond donors (Lipinski definition) is 2. The molecule has 0 unspecified atom stereocenters. The molecule has 1 heterocycles. The van der Waals surface area contributed by atoms with Crippen LogP contribution in [0, 0.1) is 0 Å². The van der Waals surface area contributed by atoms with Gasteiger partial charge in [0, 0.05) is 42.7 Å². The summed E-state index contributed by atoms with van der Waals surface area (Å²) in [5.74, 6) is 0.296. The Labute approximate surface area is 162 Å². The van der Waals surface area contributed by atoms with Gasteiger partial charge in [0.1, 0.15) is 11.5 Å². The van der Waals surface area contributed by atoms with Crippen molar-refractivity contribution in [2.45, 2.75) is 0 Å². The van der Waals surface area contributed by atoms with Crippen LogP contribution < -0.4 is 9.47 Å². The molecular formula is C20H24N2O6. The Kier molecular flexibility index (Phi) is 6.13. The van der Waals surface area contributed by atoms with Gasteiger partial charge in [0.15, 0.2) is 0 Å². The van der Waals surface area contributed by atoms with E-state index in [2.05, 4.69) is 0 Å². The number of imide groups is 1. The number of nitrogens with zero attached hydrogens (tertiary/aromatic N) is 2. The lowest BCUT2D eigenvalue weighted by Gasteiger charge is -2.30. The van der Waals surface area contributed by atoms with Gasteiger partial charge in [0.2, 0.25) is 0 Å². The molecule has 8 heteroatoms. The van der Waals surface area contributed by atoms with Gasteiger partial charge in [-0.2, -0.15) is 0 Å². The molecule has 0 fully saturated rings. The van der Waals surface area contributed by atoms with E-state index < -0.39 is 0 Å². The Morgan fingerprint density at radius 1 is 0.821 bits per heavy atom.